The van der Waals surface area contributed by atoms with Crippen LogP contribution in [-0.2, 0) is 67.2 Å². The van der Waals surface area contributed by atoms with Gasteiger partial charge in [-0.1, -0.05) is 67.6 Å². The average molecular weight is 661 g/mol. The number of esters is 2. The molecule has 0 heterocycles. The fraction of sp³-hybridized carbons (Fsp3) is 0.444. The number of rotatable bonds is 16. The standard InChI is InChI=1S/C27H36N2O11S3/c1-4-23(30)40-27(25(32)39-2,21-13-9-6-10-14-21)29-24(31)20(17-19-11-7-5-8-12-19)18-26(41(33)34,42(35)36)22(28)15-16-43(3,37)38/h5-14,20,22,41-42H,4,15-18,28H2,1-3H3,(H,29,31). The zero-order valence-electron chi connectivity index (χ0n) is 23.8. The molecule has 0 radical (unpaired) electrons. The minimum atomic E-state index is -3.89. The van der Waals surface area contributed by atoms with Crippen molar-refractivity contribution >= 4 is 49.1 Å². The van der Waals surface area contributed by atoms with Crippen LogP contribution in [0.25, 0.3) is 0 Å². The maximum atomic E-state index is 14.0. The van der Waals surface area contributed by atoms with Crippen LogP contribution >= 0.6 is 0 Å². The molecule has 0 aliphatic heterocycles. The van der Waals surface area contributed by atoms with E-state index in [1.54, 1.807) is 36.4 Å². The zero-order chi connectivity index (χ0) is 32.4. The van der Waals surface area contributed by atoms with Crippen molar-refractivity contribution in [3.63, 3.8) is 0 Å². The van der Waals surface area contributed by atoms with Crippen molar-refractivity contribution in [3.05, 3.63) is 71.8 Å². The molecule has 2 aromatic rings. The molecule has 0 saturated carbocycles. The highest BCUT2D eigenvalue weighted by Gasteiger charge is 2.51. The molecule has 0 bridgehead atoms. The third-order valence-corrected chi connectivity index (χ3v) is 11.0. The highest BCUT2D eigenvalue weighted by atomic mass is 32.2. The largest absolute Gasteiger partial charge is 0.464 e. The number of sulfone groups is 1. The van der Waals surface area contributed by atoms with Crippen LogP contribution in [0.15, 0.2) is 60.7 Å². The van der Waals surface area contributed by atoms with Crippen molar-refractivity contribution in [1.82, 2.24) is 5.32 Å². The molecule has 238 valence electrons. The number of hydrogen-bond donors (Lipinski definition) is 4. The van der Waals surface area contributed by atoms with Crippen molar-refractivity contribution in [2.24, 2.45) is 11.7 Å². The highest BCUT2D eigenvalue weighted by molar-refractivity contribution is 7.93. The second-order valence-corrected chi connectivity index (χ2v) is 15.1. The number of thiol groups is 2. The maximum Gasteiger partial charge on any atom is 0.377 e. The van der Waals surface area contributed by atoms with Crippen molar-refractivity contribution in [1.29, 1.82) is 0 Å². The second-order valence-electron chi connectivity index (χ2n) is 9.86. The van der Waals surface area contributed by atoms with Crippen molar-refractivity contribution < 1.29 is 49.1 Å². The van der Waals surface area contributed by atoms with Crippen LogP contribution in [0.2, 0.25) is 0 Å². The van der Waals surface area contributed by atoms with E-state index in [0.717, 1.165) is 13.4 Å². The number of ether oxygens (including phenoxy) is 2. The summed E-state index contributed by atoms with van der Waals surface area (Å²) >= 11 is 0. The van der Waals surface area contributed by atoms with Gasteiger partial charge >= 0.3 is 17.7 Å². The normalized spacial score (nSPS) is 14.8. The van der Waals surface area contributed by atoms with Gasteiger partial charge in [0.1, 0.15) is 9.84 Å². The number of amides is 1. The Hall–Kier alpha value is -3.34. The monoisotopic (exact) mass is 660 g/mol. The molecule has 0 aliphatic carbocycles. The van der Waals surface area contributed by atoms with Gasteiger partial charge in [0.05, 0.1) is 12.9 Å². The Bertz CT molecular complexity index is 1500. The third kappa shape index (κ3) is 9.08. The number of methoxy groups -OCH3 is 1. The van der Waals surface area contributed by atoms with Gasteiger partial charge in [-0.05, 0) is 24.8 Å². The quantitative estimate of drug-likeness (QED) is 0.107. The molecule has 0 fully saturated rings. The van der Waals surface area contributed by atoms with E-state index in [0.29, 0.717) is 5.56 Å². The van der Waals surface area contributed by atoms with Gasteiger partial charge in [0.25, 0.3) is 0 Å². The molecule has 3 atom stereocenters. The van der Waals surface area contributed by atoms with Crippen molar-refractivity contribution in [2.75, 3.05) is 19.1 Å². The Kier molecular flexibility index (Phi) is 12.8. The number of carbonyl (C=O) groups is 3. The fourth-order valence-electron chi connectivity index (χ4n) is 4.43. The summed E-state index contributed by atoms with van der Waals surface area (Å²) < 4.78 is 81.7. The highest BCUT2D eigenvalue weighted by Crippen LogP contribution is 2.32. The second kappa shape index (κ2) is 15.4. The molecule has 0 saturated heterocycles. The zero-order valence-corrected chi connectivity index (χ0v) is 26.4. The van der Waals surface area contributed by atoms with Crippen LogP contribution in [0.5, 0.6) is 0 Å². The molecule has 3 unspecified atom stereocenters. The topological polar surface area (TPSA) is 210 Å². The van der Waals surface area contributed by atoms with Gasteiger partial charge in [-0.2, -0.15) is 0 Å². The predicted octanol–water partition coefficient (Wildman–Crippen LogP) is 0.0119. The molecule has 3 N–H and O–H groups in total. The van der Waals surface area contributed by atoms with Crippen LogP contribution in [0, 0.1) is 5.92 Å². The van der Waals surface area contributed by atoms with Crippen LogP contribution in [-0.4, -0.2) is 72.3 Å². The lowest BCUT2D eigenvalue weighted by Crippen LogP contribution is -2.58. The van der Waals surface area contributed by atoms with E-state index >= 15 is 0 Å². The predicted molar refractivity (Wildman–Crippen MR) is 159 cm³/mol. The molecule has 0 aliphatic rings. The first-order valence-corrected chi connectivity index (χ1v) is 17.5. The molecule has 0 spiro atoms. The molecular formula is C27H36N2O11S3. The Labute approximate surface area is 254 Å². The van der Waals surface area contributed by atoms with E-state index in [1.165, 1.54) is 31.2 Å². The molecule has 13 nitrogen and oxygen atoms in total. The summed E-state index contributed by atoms with van der Waals surface area (Å²) in [6.45, 7) is 1.46. The first-order valence-electron chi connectivity index (χ1n) is 13.1. The summed E-state index contributed by atoms with van der Waals surface area (Å²) in [5.74, 6) is -5.25. The van der Waals surface area contributed by atoms with Crippen LogP contribution in [0.3, 0.4) is 0 Å². The minimum Gasteiger partial charge on any atom is -0.464 e. The van der Waals surface area contributed by atoms with Gasteiger partial charge < -0.3 is 20.5 Å². The SMILES string of the molecule is CCC(=O)OC(NC(=O)C(Cc1ccccc1)CC(C(N)CCS(C)(=O)=O)([SH](=O)=O)[SH](=O)=O)(C(=O)OC)c1ccccc1. The molecule has 16 heteroatoms. The Morgan fingerprint density at radius 1 is 0.953 bits per heavy atom. The van der Waals surface area contributed by atoms with E-state index in [2.05, 4.69) is 5.32 Å². The molecule has 43 heavy (non-hydrogen) atoms. The molecular weight excluding hydrogens is 625 g/mol. The minimum absolute atomic E-state index is 0.00335. The van der Waals surface area contributed by atoms with Gasteiger partial charge in [0.15, 0.2) is 25.5 Å². The number of nitrogens with two attached hydrogens (primary N) is 1. The fourth-order valence-corrected chi connectivity index (χ4v) is 7.19. The van der Waals surface area contributed by atoms with E-state index in [-0.39, 0.29) is 18.4 Å². The van der Waals surface area contributed by atoms with Gasteiger partial charge in [0, 0.05) is 30.2 Å². The van der Waals surface area contributed by atoms with Crippen molar-refractivity contribution in [3.8, 4) is 0 Å². The third-order valence-electron chi connectivity index (χ3n) is 6.78. The number of nitrogens with one attached hydrogen (secondary N) is 1. The first kappa shape index (κ1) is 35.9. The summed E-state index contributed by atoms with van der Waals surface area (Å²) in [6.07, 6.45) is -0.970. The van der Waals surface area contributed by atoms with E-state index < -0.39 is 89.4 Å². The van der Waals surface area contributed by atoms with Crippen LogP contribution < -0.4 is 11.1 Å². The summed E-state index contributed by atoms with van der Waals surface area (Å²) in [7, 11) is -10.4. The number of hydrogen-bond acceptors (Lipinski definition) is 12. The Morgan fingerprint density at radius 3 is 1.95 bits per heavy atom. The summed E-state index contributed by atoms with van der Waals surface area (Å²) in [5, 5.41) is 2.39. The van der Waals surface area contributed by atoms with Gasteiger partial charge in [0.2, 0.25) is 5.91 Å². The van der Waals surface area contributed by atoms with Crippen molar-refractivity contribution in [2.45, 2.75) is 48.5 Å². The average Bonchev–Trinajstić information content (AvgIpc) is 2.97. The Balaban J connectivity index is 2.72. The van der Waals surface area contributed by atoms with E-state index in [9.17, 15) is 39.6 Å². The van der Waals surface area contributed by atoms with E-state index in [4.69, 9.17) is 15.2 Å². The van der Waals surface area contributed by atoms with Gasteiger partial charge in [-0.25, -0.2) is 30.0 Å². The summed E-state index contributed by atoms with van der Waals surface area (Å²) in [6, 6.07) is 13.9. The number of carbonyl (C=O) groups excluding carboxylic acids is 3. The molecule has 0 aromatic heterocycles. The Morgan fingerprint density at radius 2 is 1.49 bits per heavy atom. The van der Waals surface area contributed by atoms with E-state index in [1.807, 2.05) is 0 Å². The lowest BCUT2D eigenvalue weighted by atomic mass is 9.90. The molecule has 1 amide bonds. The summed E-state index contributed by atoms with van der Waals surface area (Å²) in [5.41, 5.74) is 4.04. The van der Waals surface area contributed by atoms with Gasteiger partial charge in [-0.15, -0.1) is 0 Å². The smallest absolute Gasteiger partial charge is 0.377 e. The lowest BCUT2D eigenvalue weighted by molar-refractivity contribution is -0.189. The first-order chi connectivity index (χ1) is 20.1. The van der Waals surface area contributed by atoms with Gasteiger partial charge in [-0.3, -0.25) is 9.59 Å². The number of benzene rings is 2. The lowest BCUT2D eigenvalue weighted by Gasteiger charge is -2.35. The molecule has 2 rings (SSSR count). The maximum absolute atomic E-state index is 14.0. The van der Waals surface area contributed by atoms with Crippen LogP contribution in [0.4, 0.5) is 0 Å². The van der Waals surface area contributed by atoms with Crippen LogP contribution in [0.1, 0.15) is 37.3 Å². The molecule has 2 aromatic carbocycles. The summed E-state index contributed by atoms with van der Waals surface area (Å²) in [4.78, 5) is 39.8.